The van der Waals surface area contributed by atoms with Crippen LogP contribution in [0.25, 0.3) is 0 Å². The number of piperazine rings is 2. The highest BCUT2D eigenvalue weighted by Crippen LogP contribution is 2.26. The molecule has 0 saturated carbocycles. The Kier molecular flexibility index (Phi) is 10.4. The number of benzene rings is 2. The van der Waals surface area contributed by atoms with Gasteiger partial charge in [0.1, 0.15) is 5.60 Å². The van der Waals surface area contributed by atoms with Gasteiger partial charge < -0.3 is 29.7 Å². The monoisotopic (exact) mass is 724 g/mol. The van der Waals surface area contributed by atoms with E-state index in [1.807, 2.05) is 68.3 Å². The quantitative estimate of drug-likeness (QED) is 0.370. The molecule has 0 atom stereocenters. The molecule has 3 fully saturated rings. The number of aromatic nitrogens is 2. The number of carbonyl (C=O) groups excluding carboxylic acids is 4. The predicted octanol–water partition coefficient (Wildman–Crippen LogP) is 3.43. The molecule has 2 N–H and O–H groups in total. The number of nitrogens with zero attached hydrogens (tertiary/aromatic N) is 8. The molecule has 4 aliphatic rings. The molecule has 2 aromatic carbocycles. The van der Waals surface area contributed by atoms with Crippen molar-refractivity contribution < 1.29 is 23.9 Å². The van der Waals surface area contributed by atoms with Crippen LogP contribution in [0.15, 0.2) is 54.7 Å². The third kappa shape index (κ3) is 8.79. The van der Waals surface area contributed by atoms with E-state index in [0.29, 0.717) is 58.1 Å². The minimum Gasteiger partial charge on any atom is -0.444 e. The molecule has 3 saturated heterocycles. The van der Waals surface area contributed by atoms with Gasteiger partial charge in [-0.2, -0.15) is 0 Å². The highest BCUT2D eigenvalue weighted by atomic mass is 16.6. The molecule has 0 unspecified atom stereocenters. The Labute approximate surface area is 309 Å². The van der Waals surface area contributed by atoms with Gasteiger partial charge in [-0.3, -0.25) is 24.7 Å². The molecule has 0 aliphatic carbocycles. The van der Waals surface area contributed by atoms with Crippen LogP contribution in [0.4, 0.5) is 38.3 Å². The molecule has 5 heterocycles. The van der Waals surface area contributed by atoms with E-state index in [-0.39, 0.29) is 23.9 Å². The standard InChI is InChI=1S/C38H48N10O5/c1-38(2,3)53-37(52)47-14-12-27-24-39-35(41-32(27)25-47)40-28-4-6-29(7-5-28)45-20-22-46(23-21-45)34(50)26-43-16-18-44(19-17-43)30-8-10-31(11-9-30)48-15-13-33(49)42-36(48)51/h4-11,24H,12-23,25-26H2,1-3H3,(H,39,40,41)(H,42,49,51). The minimum absolute atomic E-state index is 0.166. The van der Waals surface area contributed by atoms with E-state index in [1.165, 1.54) is 0 Å². The second-order valence-electron chi connectivity index (χ2n) is 14.9. The summed E-state index contributed by atoms with van der Waals surface area (Å²) in [7, 11) is 0. The van der Waals surface area contributed by atoms with Gasteiger partial charge in [-0.25, -0.2) is 19.6 Å². The number of carbonyl (C=O) groups is 4. The first-order valence-corrected chi connectivity index (χ1v) is 18.4. The van der Waals surface area contributed by atoms with Crippen LogP contribution in [0.5, 0.6) is 0 Å². The number of anilines is 5. The van der Waals surface area contributed by atoms with Gasteiger partial charge in [-0.15, -0.1) is 0 Å². The van der Waals surface area contributed by atoms with Crippen molar-refractivity contribution in [3.8, 4) is 0 Å². The normalized spacial score (nSPS) is 18.4. The van der Waals surface area contributed by atoms with Crippen molar-refractivity contribution in [1.82, 2.24) is 30.0 Å². The van der Waals surface area contributed by atoms with E-state index < -0.39 is 5.60 Å². The SMILES string of the molecule is CC(C)(C)OC(=O)N1CCc2cnc(Nc3ccc(N4CCN(C(=O)CN5CCN(c6ccc(N7CCC(=O)NC7=O)cc6)CC5)CC4)cc3)nc2C1. The Morgan fingerprint density at radius 2 is 1.40 bits per heavy atom. The number of rotatable bonds is 7. The number of imide groups is 1. The lowest BCUT2D eigenvalue weighted by Gasteiger charge is -2.39. The lowest BCUT2D eigenvalue weighted by Crippen LogP contribution is -2.54. The molecular formula is C38H48N10O5. The summed E-state index contributed by atoms with van der Waals surface area (Å²) in [6, 6.07) is 15.6. The van der Waals surface area contributed by atoms with Crippen molar-refractivity contribution in [2.24, 2.45) is 0 Å². The molecule has 53 heavy (non-hydrogen) atoms. The molecule has 15 nitrogen and oxygen atoms in total. The first kappa shape index (κ1) is 35.9. The van der Waals surface area contributed by atoms with Crippen molar-refractivity contribution in [1.29, 1.82) is 0 Å². The number of amides is 5. The first-order chi connectivity index (χ1) is 25.5. The Morgan fingerprint density at radius 1 is 0.774 bits per heavy atom. The highest BCUT2D eigenvalue weighted by molar-refractivity contribution is 6.05. The van der Waals surface area contributed by atoms with Crippen molar-refractivity contribution in [2.75, 3.05) is 92.0 Å². The Hall–Kier alpha value is -5.44. The molecule has 15 heteroatoms. The number of nitrogens with one attached hydrogen (secondary N) is 2. The average molecular weight is 725 g/mol. The second-order valence-corrected chi connectivity index (χ2v) is 14.9. The number of urea groups is 1. The van der Waals surface area contributed by atoms with Crippen molar-refractivity contribution >= 4 is 52.6 Å². The molecule has 0 bridgehead atoms. The Bertz CT molecular complexity index is 1810. The smallest absolute Gasteiger partial charge is 0.410 e. The van der Waals surface area contributed by atoms with Crippen molar-refractivity contribution in [3.05, 3.63) is 66.0 Å². The zero-order chi connectivity index (χ0) is 37.1. The van der Waals surface area contributed by atoms with Crippen LogP contribution in [0.1, 0.15) is 38.4 Å². The molecular weight excluding hydrogens is 676 g/mol. The maximum atomic E-state index is 13.3. The topological polar surface area (TPSA) is 147 Å². The summed E-state index contributed by atoms with van der Waals surface area (Å²) in [5, 5.41) is 5.66. The fourth-order valence-electron chi connectivity index (χ4n) is 7.05. The maximum Gasteiger partial charge on any atom is 0.410 e. The summed E-state index contributed by atoms with van der Waals surface area (Å²) < 4.78 is 5.55. The van der Waals surface area contributed by atoms with E-state index in [1.54, 1.807) is 9.80 Å². The third-order valence-corrected chi connectivity index (χ3v) is 10.0. The van der Waals surface area contributed by atoms with Crippen LogP contribution < -0.4 is 25.3 Å². The van der Waals surface area contributed by atoms with Gasteiger partial charge in [0, 0.05) is 101 Å². The molecule has 1 aromatic heterocycles. The number of hydrogen-bond donors (Lipinski definition) is 2. The first-order valence-electron chi connectivity index (χ1n) is 18.4. The molecule has 7 rings (SSSR count). The predicted molar refractivity (Wildman–Crippen MR) is 201 cm³/mol. The number of hydrogen-bond acceptors (Lipinski definition) is 11. The zero-order valence-electron chi connectivity index (χ0n) is 30.7. The molecule has 3 aromatic rings. The third-order valence-electron chi connectivity index (χ3n) is 10.0. The molecule has 0 radical (unpaired) electrons. The van der Waals surface area contributed by atoms with Gasteiger partial charge in [0.25, 0.3) is 0 Å². The van der Waals surface area contributed by atoms with Gasteiger partial charge in [0.15, 0.2) is 0 Å². The van der Waals surface area contributed by atoms with Crippen molar-refractivity contribution in [3.63, 3.8) is 0 Å². The van der Waals surface area contributed by atoms with Gasteiger partial charge in [-0.1, -0.05) is 0 Å². The summed E-state index contributed by atoms with van der Waals surface area (Å²) in [6.07, 6.45) is 2.48. The number of fused-ring (bicyclic) bond motifs is 1. The Morgan fingerprint density at radius 3 is 2.04 bits per heavy atom. The summed E-state index contributed by atoms with van der Waals surface area (Å²) in [4.78, 5) is 70.8. The van der Waals surface area contributed by atoms with E-state index in [0.717, 1.165) is 73.3 Å². The second kappa shape index (κ2) is 15.3. The lowest BCUT2D eigenvalue weighted by molar-refractivity contribution is -0.132. The van der Waals surface area contributed by atoms with Crippen LogP contribution >= 0.6 is 0 Å². The maximum absolute atomic E-state index is 13.3. The van der Waals surface area contributed by atoms with Crippen LogP contribution in [-0.2, 0) is 27.3 Å². The fourth-order valence-corrected chi connectivity index (χ4v) is 7.05. The van der Waals surface area contributed by atoms with Crippen LogP contribution in [-0.4, -0.2) is 126 Å². The summed E-state index contributed by atoms with van der Waals surface area (Å²) in [5.74, 6) is 0.406. The highest BCUT2D eigenvalue weighted by Gasteiger charge is 2.29. The van der Waals surface area contributed by atoms with Gasteiger partial charge in [0.2, 0.25) is 17.8 Å². The molecule has 0 spiro atoms. The van der Waals surface area contributed by atoms with Crippen LogP contribution in [0.3, 0.4) is 0 Å². The average Bonchev–Trinajstić information content (AvgIpc) is 3.15. The van der Waals surface area contributed by atoms with E-state index in [4.69, 9.17) is 9.72 Å². The summed E-state index contributed by atoms with van der Waals surface area (Å²) >= 11 is 0. The summed E-state index contributed by atoms with van der Waals surface area (Å²) in [5.41, 5.74) is 5.12. The minimum atomic E-state index is -0.551. The molecule has 280 valence electrons. The van der Waals surface area contributed by atoms with Gasteiger partial charge in [0.05, 0.1) is 18.8 Å². The lowest BCUT2D eigenvalue weighted by atomic mass is 10.1. The van der Waals surface area contributed by atoms with Gasteiger partial charge >= 0.3 is 12.1 Å². The van der Waals surface area contributed by atoms with Crippen LogP contribution in [0, 0.1) is 0 Å². The molecule has 5 amide bonds. The van der Waals surface area contributed by atoms with E-state index in [2.05, 4.69) is 42.5 Å². The van der Waals surface area contributed by atoms with E-state index >= 15 is 0 Å². The van der Waals surface area contributed by atoms with E-state index in [9.17, 15) is 19.2 Å². The summed E-state index contributed by atoms with van der Waals surface area (Å²) in [6.45, 7) is 13.5. The van der Waals surface area contributed by atoms with Gasteiger partial charge in [-0.05, 0) is 81.3 Å². The molecule has 4 aliphatic heterocycles. The largest absolute Gasteiger partial charge is 0.444 e. The zero-order valence-corrected chi connectivity index (χ0v) is 30.7. The number of ether oxygens (including phenoxy) is 1. The fraction of sp³-hybridized carbons (Fsp3) is 0.474. The van der Waals surface area contributed by atoms with Crippen molar-refractivity contribution in [2.45, 2.75) is 45.8 Å². The Balaban J connectivity index is 0.839. The van der Waals surface area contributed by atoms with Crippen LogP contribution in [0.2, 0.25) is 0 Å².